The van der Waals surface area contributed by atoms with Crippen molar-refractivity contribution in [3.63, 3.8) is 0 Å². The van der Waals surface area contributed by atoms with Crippen molar-refractivity contribution < 1.29 is 0 Å². The summed E-state index contributed by atoms with van der Waals surface area (Å²) in [5.74, 6) is 0.873. The molecule has 0 aromatic heterocycles. The van der Waals surface area contributed by atoms with E-state index in [1.54, 1.807) is 7.05 Å². The fourth-order valence-electron chi connectivity index (χ4n) is 2.38. The Bertz CT molecular complexity index is 424. The number of nitrogens with zero attached hydrogens (tertiary/aromatic N) is 1. The lowest BCUT2D eigenvalue weighted by Crippen LogP contribution is -2.41. The molecular formula is C16H27N3. The molecule has 0 aliphatic rings. The molecule has 0 saturated heterocycles. The molecule has 3 nitrogen and oxygen atoms in total. The lowest BCUT2D eigenvalue weighted by Gasteiger charge is -2.16. The van der Waals surface area contributed by atoms with Crippen molar-refractivity contribution in [1.82, 2.24) is 10.6 Å². The monoisotopic (exact) mass is 261 g/mol. The third-order valence-electron chi connectivity index (χ3n) is 3.16. The molecule has 0 heterocycles. The Hall–Kier alpha value is -1.51. The maximum Gasteiger partial charge on any atom is 0.191 e. The van der Waals surface area contributed by atoms with Crippen LogP contribution >= 0.6 is 0 Å². The topological polar surface area (TPSA) is 36.4 Å². The van der Waals surface area contributed by atoms with Crippen LogP contribution in [0.3, 0.4) is 0 Å². The first kappa shape index (κ1) is 15.5. The first-order valence-electron chi connectivity index (χ1n) is 6.98. The van der Waals surface area contributed by atoms with Crippen molar-refractivity contribution in [2.75, 3.05) is 13.6 Å². The number of aryl methyl sites for hydroxylation is 3. The summed E-state index contributed by atoms with van der Waals surface area (Å²) < 4.78 is 0. The highest BCUT2D eigenvalue weighted by atomic mass is 15.2. The Morgan fingerprint density at radius 3 is 2.21 bits per heavy atom. The molecule has 0 unspecified atom stereocenters. The third-order valence-corrected chi connectivity index (χ3v) is 3.16. The van der Waals surface area contributed by atoms with Crippen molar-refractivity contribution >= 4 is 5.96 Å². The number of benzene rings is 1. The molecule has 1 aromatic rings. The Kier molecular flexibility index (Phi) is 5.87. The largest absolute Gasteiger partial charge is 0.356 e. The average molecular weight is 261 g/mol. The van der Waals surface area contributed by atoms with Crippen LogP contribution in [-0.4, -0.2) is 25.6 Å². The second-order valence-corrected chi connectivity index (χ2v) is 5.43. The van der Waals surface area contributed by atoms with Gasteiger partial charge in [0.1, 0.15) is 0 Å². The zero-order chi connectivity index (χ0) is 14.4. The van der Waals surface area contributed by atoms with Crippen LogP contribution in [0.4, 0.5) is 0 Å². The van der Waals surface area contributed by atoms with Gasteiger partial charge >= 0.3 is 0 Å². The molecule has 1 rings (SSSR count). The van der Waals surface area contributed by atoms with Crippen LogP contribution in [-0.2, 0) is 6.42 Å². The number of rotatable bonds is 4. The molecule has 0 bridgehead atoms. The van der Waals surface area contributed by atoms with Gasteiger partial charge in [-0.05, 0) is 57.7 Å². The van der Waals surface area contributed by atoms with Crippen LogP contribution in [0.5, 0.6) is 0 Å². The van der Waals surface area contributed by atoms with Crippen LogP contribution in [0, 0.1) is 20.8 Å². The Morgan fingerprint density at radius 2 is 1.74 bits per heavy atom. The van der Waals surface area contributed by atoms with E-state index in [0.717, 1.165) is 18.9 Å². The SMILES string of the molecule is CN=C(NCCc1c(C)cc(C)cc1C)NC(C)C. The number of hydrogen-bond donors (Lipinski definition) is 2. The summed E-state index contributed by atoms with van der Waals surface area (Å²) in [5.41, 5.74) is 5.54. The van der Waals surface area contributed by atoms with Crippen LogP contribution in [0.15, 0.2) is 17.1 Å². The standard InChI is InChI=1S/C16H27N3/c1-11(2)19-16(17-6)18-8-7-15-13(4)9-12(3)10-14(15)5/h9-11H,7-8H2,1-6H3,(H2,17,18,19). The van der Waals surface area contributed by atoms with E-state index < -0.39 is 0 Å². The van der Waals surface area contributed by atoms with Gasteiger partial charge in [-0.2, -0.15) is 0 Å². The first-order valence-corrected chi connectivity index (χ1v) is 6.98. The molecule has 0 aliphatic heterocycles. The van der Waals surface area contributed by atoms with Crippen LogP contribution in [0.2, 0.25) is 0 Å². The van der Waals surface area contributed by atoms with E-state index in [-0.39, 0.29) is 0 Å². The molecule has 19 heavy (non-hydrogen) atoms. The smallest absolute Gasteiger partial charge is 0.191 e. The highest BCUT2D eigenvalue weighted by Gasteiger charge is 2.05. The molecule has 0 amide bonds. The Labute approximate surface area is 117 Å². The van der Waals surface area contributed by atoms with Gasteiger partial charge < -0.3 is 10.6 Å². The molecule has 0 fully saturated rings. The number of aliphatic imine (C=N–C) groups is 1. The van der Waals surface area contributed by atoms with Crippen LogP contribution < -0.4 is 10.6 Å². The summed E-state index contributed by atoms with van der Waals surface area (Å²) in [7, 11) is 1.81. The first-order chi connectivity index (χ1) is 8.93. The van der Waals surface area contributed by atoms with E-state index in [2.05, 4.69) is 62.4 Å². The molecule has 1 aromatic carbocycles. The predicted octanol–water partition coefficient (Wildman–Crippen LogP) is 2.73. The van der Waals surface area contributed by atoms with Crippen LogP contribution in [0.1, 0.15) is 36.1 Å². The van der Waals surface area contributed by atoms with E-state index in [1.165, 1.54) is 22.3 Å². The number of hydrogen-bond acceptors (Lipinski definition) is 1. The zero-order valence-electron chi connectivity index (χ0n) is 13.1. The van der Waals surface area contributed by atoms with Crippen LogP contribution in [0.25, 0.3) is 0 Å². The lowest BCUT2D eigenvalue weighted by atomic mass is 9.97. The summed E-state index contributed by atoms with van der Waals surface area (Å²) in [6, 6.07) is 4.90. The Morgan fingerprint density at radius 1 is 1.16 bits per heavy atom. The average Bonchev–Trinajstić information content (AvgIpc) is 2.30. The van der Waals surface area contributed by atoms with Crippen molar-refractivity contribution in [1.29, 1.82) is 0 Å². The molecule has 3 heteroatoms. The van der Waals surface area contributed by atoms with Gasteiger partial charge in [-0.1, -0.05) is 17.7 Å². The van der Waals surface area contributed by atoms with E-state index >= 15 is 0 Å². The predicted molar refractivity (Wildman–Crippen MR) is 84.0 cm³/mol. The number of nitrogens with one attached hydrogen (secondary N) is 2. The van der Waals surface area contributed by atoms with Gasteiger partial charge in [0.25, 0.3) is 0 Å². The maximum absolute atomic E-state index is 4.21. The molecule has 0 spiro atoms. The Balaban J connectivity index is 2.58. The molecular weight excluding hydrogens is 234 g/mol. The van der Waals surface area contributed by atoms with Gasteiger partial charge in [0.15, 0.2) is 5.96 Å². The minimum absolute atomic E-state index is 0.397. The molecule has 0 aliphatic carbocycles. The minimum atomic E-state index is 0.397. The second kappa shape index (κ2) is 7.17. The normalized spacial score (nSPS) is 11.8. The molecule has 0 radical (unpaired) electrons. The minimum Gasteiger partial charge on any atom is -0.356 e. The van der Waals surface area contributed by atoms with Crippen molar-refractivity contribution in [3.8, 4) is 0 Å². The van der Waals surface area contributed by atoms with Gasteiger partial charge in [0.05, 0.1) is 0 Å². The van der Waals surface area contributed by atoms with Crippen molar-refractivity contribution in [2.24, 2.45) is 4.99 Å². The van der Waals surface area contributed by atoms with Gasteiger partial charge in [-0.15, -0.1) is 0 Å². The summed E-state index contributed by atoms with van der Waals surface area (Å²) in [6.07, 6.45) is 1.02. The van der Waals surface area contributed by atoms with Gasteiger partial charge in [-0.3, -0.25) is 4.99 Å². The fraction of sp³-hybridized carbons (Fsp3) is 0.562. The second-order valence-electron chi connectivity index (χ2n) is 5.43. The highest BCUT2D eigenvalue weighted by Crippen LogP contribution is 2.16. The summed E-state index contributed by atoms with van der Waals surface area (Å²) in [6.45, 7) is 11.7. The molecule has 106 valence electrons. The van der Waals surface area contributed by atoms with Crippen molar-refractivity contribution in [2.45, 2.75) is 47.1 Å². The van der Waals surface area contributed by atoms with Crippen molar-refractivity contribution in [3.05, 3.63) is 34.4 Å². The highest BCUT2D eigenvalue weighted by molar-refractivity contribution is 5.79. The maximum atomic E-state index is 4.21. The lowest BCUT2D eigenvalue weighted by molar-refractivity contribution is 0.697. The van der Waals surface area contributed by atoms with E-state index in [9.17, 15) is 0 Å². The number of guanidine groups is 1. The summed E-state index contributed by atoms with van der Waals surface area (Å²) in [4.78, 5) is 4.21. The molecule has 0 saturated carbocycles. The quantitative estimate of drug-likeness (QED) is 0.646. The van der Waals surface area contributed by atoms with Gasteiger partial charge in [-0.25, -0.2) is 0 Å². The van der Waals surface area contributed by atoms with E-state index in [4.69, 9.17) is 0 Å². The zero-order valence-corrected chi connectivity index (χ0v) is 13.1. The molecule has 2 N–H and O–H groups in total. The van der Waals surface area contributed by atoms with Gasteiger partial charge in [0, 0.05) is 19.6 Å². The van der Waals surface area contributed by atoms with Gasteiger partial charge in [0.2, 0.25) is 0 Å². The van der Waals surface area contributed by atoms with E-state index in [1.807, 2.05) is 0 Å². The third kappa shape index (κ3) is 4.93. The fourth-order valence-corrected chi connectivity index (χ4v) is 2.38. The summed E-state index contributed by atoms with van der Waals surface area (Å²) >= 11 is 0. The summed E-state index contributed by atoms with van der Waals surface area (Å²) in [5, 5.41) is 6.65. The van der Waals surface area contributed by atoms with E-state index in [0.29, 0.717) is 6.04 Å². The molecule has 0 atom stereocenters.